The van der Waals surface area contributed by atoms with Gasteiger partial charge in [0.15, 0.2) is 0 Å². The third kappa shape index (κ3) is 7.44. The maximum Gasteiger partial charge on any atom is 0.428 e. The van der Waals surface area contributed by atoms with Crippen LogP contribution in [-0.4, -0.2) is 103 Å². The molecule has 5 N–H and O–H groups in total. The fourth-order valence-electron chi connectivity index (χ4n) is 4.21. The van der Waals surface area contributed by atoms with Crippen molar-refractivity contribution < 1.29 is 86.2 Å². The lowest BCUT2D eigenvalue weighted by molar-refractivity contribution is -0.264. The van der Waals surface area contributed by atoms with Gasteiger partial charge in [-0.25, -0.2) is 29.1 Å². The molecule has 1 unspecified atom stereocenters. The van der Waals surface area contributed by atoms with Crippen LogP contribution in [0.1, 0.15) is 25.7 Å². The van der Waals surface area contributed by atoms with Crippen LogP contribution in [0.4, 0.5) is 4.79 Å². The van der Waals surface area contributed by atoms with Crippen LogP contribution in [0.5, 0.6) is 0 Å². The first kappa shape index (κ1) is 38.0. The van der Waals surface area contributed by atoms with Gasteiger partial charge in [0.05, 0.1) is 28.4 Å². The molecule has 2 atom stereocenters. The molecule has 44 heavy (non-hydrogen) atoms. The predicted octanol–water partition coefficient (Wildman–Crippen LogP) is 0.699. The van der Waals surface area contributed by atoms with Crippen molar-refractivity contribution in [2.45, 2.75) is 41.9 Å². The molecule has 252 valence electrons. The Hall–Kier alpha value is -2.17. The Balaban J connectivity index is 2.18. The van der Waals surface area contributed by atoms with E-state index in [0.29, 0.717) is 0 Å². The first-order chi connectivity index (χ1) is 20.7. The number of amides is 3. The van der Waals surface area contributed by atoms with Gasteiger partial charge in [-0.15, -0.1) is 30.5 Å². The summed E-state index contributed by atoms with van der Waals surface area (Å²) in [6, 6.07) is 0. The van der Waals surface area contributed by atoms with Gasteiger partial charge in [-0.05, 0) is 12.8 Å². The third-order valence-electron chi connectivity index (χ3n) is 6.08. The number of aliphatic hydroxyl groups is 1. The summed E-state index contributed by atoms with van der Waals surface area (Å²) in [6.45, 7) is -0.464. The van der Waals surface area contributed by atoms with Gasteiger partial charge in [0, 0.05) is 31.3 Å². The summed E-state index contributed by atoms with van der Waals surface area (Å²) in [5, 5.41) is 19.3. The predicted molar refractivity (Wildman–Crippen MR) is 142 cm³/mol. The molecule has 2 heterocycles. The quantitative estimate of drug-likeness (QED) is 0.0340. The highest BCUT2D eigenvalue weighted by atomic mass is 32.2. The summed E-state index contributed by atoms with van der Waals surface area (Å²) < 4.78 is 55.1. The number of hydrogen-bond acceptors (Lipinski definition) is 18. The van der Waals surface area contributed by atoms with Crippen LogP contribution in [-0.2, 0) is 71.2 Å². The zero-order chi connectivity index (χ0) is 33.3. The van der Waals surface area contributed by atoms with E-state index >= 15 is 0 Å². The molecule has 0 spiro atoms. The number of carboxylic acids is 1. The average molecular weight is 698 g/mol. The van der Waals surface area contributed by atoms with Crippen LogP contribution in [0.25, 0.3) is 0 Å². The Morgan fingerprint density at radius 1 is 1.02 bits per heavy atom. The molecule has 2 aliphatic rings. The minimum absolute atomic E-state index is 0.00319. The number of ether oxygens (including phenoxy) is 2. The molecule has 0 bridgehead atoms. The van der Waals surface area contributed by atoms with Gasteiger partial charge in [-0.3, -0.25) is 23.6 Å². The number of thioether (sulfide) groups is 1. The Labute approximate surface area is 254 Å². The molecular weight excluding hydrogens is 664 g/mol. The van der Waals surface area contributed by atoms with Crippen molar-refractivity contribution in [3.63, 3.8) is 0 Å². The van der Waals surface area contributed by atoms with E-state index in [1.165, 1.54) is 0 Å². The smallest absolute Gasteiger partial charge is 0.428 e. The average Bonchev–Trinajstić information content (AvgIpc) is 2.96. The van der Waals surface area contributed by atoms with Crippen molar-refractivity contribution >= 4 is 50.8 Å². The van der Waals surface area contributed by atoms with E-state index in [1.54, 1.807) is 0 Å². The number of methoxy groups -OCH3 is 1. The van der Waals surface area contributed by atoms with Crippen molar-refractivity contribution in [1.29, 1.82) is 0 Å². The summed E-state index contributed by atoms with van der Waals surface area (Å²) in [5.41, 5.74) is 2.67. The number of nitrogens with one attached hydrogen (secondary N) is 1. The van der Waals surface area contributed by atoms with E-state index in [0.717, 1.165) is 52.2 Å². The summed E-state index contributed by atoms with van der Waals surface area (Å²) in [7, 11) is -5.45. The van der Waals surface area contributed by atoms with Gasteiger partial charge in [-0.2, -0.15) is 0 Å². The minimum atomic E-state index is -5.10. The van der Waals surface area contributed by atoms with E-state index in [9.17, 15) is 38.5 Å². The Kier molecular flexibility index (Phi) is 13.7. The number of carboxylic acid groups (broad SMARTS) is 1. The van der Waals surface area contributed by atoms with Crippen LogP contribution < -0.4 is 11.1 Å². The molecular formula is C20H33N3O18P2S. The third-order valence-corrected chi connectivity index (χ3v) is 12.5. The van der Waals surface area contributed by atoms with Gasteiger partial charge >= 0.3 is 27.3 Å². The zero-order valence-electron chi connectivity index (χ0n) is 24.1. The van der Waals surface area contributed by atoms with Gasteiger partial charge < -0.3 is 30.7 Å². The highest BCUT2D eigenvalue weighted by molar-refractivity contribution is 8.00. The molecule has 24 heteroatoms. The highest BCUT2D eigenvalue weighted by Gasteiger charge is 2.68. The van der Waals surface area contributed by atoms with Crippen molar-refractivity contribution in [1.82, 2.24) is 10.2 Å². The lowest BCUT2D eigenvalue weighted by atomic mass is 9.97. The summed E-state index contributed by atoms with van der Waals surface area (Å²) in [5.74, 6) is -3.13. The molecule has 1 fully saturated rings. The number of carbonyl (C=O) groups is 4. The largest absolute Gasteiger partial charge is 0.477 e. The normalized spacial score (nSPS) is 20.6. The number of aliphatic carboxylic acids is 1. The van der Waals surface area contributed by atoms with Crippen LogP contribution in [0.3, 0.4) is 0 Å². The zero-order valence-corrected chi connectivity index (χ0v) is 26.7. The van der Waals surface area contributed by atoms with Crippen LogP contribution in [0.2, 0.25) is 0 Å². The van der Waals surface area contributed by atoms with Crippen LogP contribution in [0, 0.1) is 0 Å². The molecule has 0 aliphatic carbocycles. The van der Waals surface area contributed by atoms with Gasteiger partial charge in [0.2, 0.25) is 5.91 Å². The van der Waals surface area contributed by atoms with Crippen molar-refractivity contribution in [3.05, 3.63) is 11.3 Å². The fraction of sp³-hybridized carbons (Fsp3) is 0.700. The Bertz CT molecular complexity index is 1170. The minimum Gasteiger partial charge on any atom is -0.477 e. The lowest BCUT2D eigenvalue weighted by Gasteiger charge is -2.55. The maximum absolute atomic E-state index is 13.4. The van der Waals surface area contributed by atoms with E-state index in [-0.39, 0.29) is 30.6 Å². The molecule has 0 saturated carbocycles. The van der Waals surface area contributed by atoms with Gasteiger partial charge in [0.1, 0.15) is 17.7 Å². The monoisotopic (exact) mass is 697 g/mol. The Morgan fingerprint density at radius 3 is 1.98 bits per heavy atom. The number of rotatable bonds is 20. The fourth-order valence-corrected chi connectivity index (χ4v) is 9.41. The second-order valence-electron chi connectivity index (χ2n) is 8.63. The lowest BCUT2D eigenvalue weighted by Crippen LogP contribution is -2.80. The summed E-state index contributed by atoms with van der Waals surface area (Å²) >= 11 is 1.04. The van der Waals surface area contributed by atoms with Crippen molar-refractivity contribution in [3.8, 4) is 0 Å². The number of β-lactam (4-membered cyclic amide) rings is 1. The molecule has 1 saturated heterocycles. The Morgan fingerprint density at radius 2 is 1.55 bits per heavy atom. The standard InChI is InChI=1S/C20H33N3O18P2S/c1-32-20(16(27)23-14(15(25)26)12(10-37-18(21)28)11-44-17(20)23)22-13(24)8-6-7-9-19(29,42(30,38-33-2)39-34-3)43(31,40-35-4)41-36-5/h17,29H,6-11H2,1-5H3,(H2,21,28)(H,22,24)(H,25,26)/t17-,20?/m0/s1. The van der Waals surface area contributed by atoms with Crippen LogP contribution >= 0.6 is 27.0 Å². The van der Waals surface area contributed by atoms with E-state index < -0.39 is 74.0 Å². The molecule has 21 nitrogen and oxygen atoms in total. The molecule has 3 amide bonds. The molecule has 0 radical (unpaired) electrons. The number of primary amides is 1. The van der Waals surface area contributed by atoms with Crippen LogP contribution in [0.15, 0.2) is 11.3 Å². The number of unbranched alkanes of at least 4 members (excludes halogenated alkanes) is 1. The number of nitrogens with two attached hydrogens (primary N) is 1. The summed E-state index contributed by atoms with van der Waals surface area (Å²) in [4.78, 5) is 67.3. The second-order valence-corrected chi connectivity index (χ2v) is 14.1. The number of fused-ring (bicyclic) bond motifs is 1. The molecule has 0 aromatic carbocycles. The van der Waals surface area contributed by atoms with E-state index in [1.807, 2.05) is 0 Å². The topological polar surface area (TPSA) is 276 Å². The van der Waals surface area contributed by atoms with Crippen molar-refractivity contribution in [2.75, 3.05) is 47.9 Å². The second kappa shape index (κ2) is 15.9. The van der Waals surface area contributed by atoms with E-state index in [4.69, 9.17) is 10.5 Å². The SMILES string of the molecule is COOP(=O)(OOC)C(O)(CCCCC(=O)NC1(OC)C(=O)N2C(C(=O)O)=C(COC(N)=O)CS[C@H]21)P(=O)(OOC)OOC. The van der Waals surface area contributed by atoms with Gasteiger partial charge in [0.25, 0.3) is 16.7 Å². The molecule has 0 aromatic heterocycles. The molecule has 0 aromatic rings. The first-order valence-corrected chi connectivity index (χ1v) is 16.3. The maximum atomic E-state index is 13.4. The van der Waals surface area contributed by atoms with Crippen molar-refractivity contribution in [2.24, 2.45) is 5.73 Å². The first-order valence-electron chi connectivity index (χ1n) is 12.2. The summed E-state index contributed by atoms with van der Waals surface area (Å²) in [6.07, 6.45) is -2.60. The highest BCUT2D eigenvalue weighted by Crippen LogP contribution is 2.78. The molecule has 2 aliphatic heterocycles. The number of hydrogen-bond donors (Lipinski definition) is 4. The van der Waals surface area contributed by atoms with E-state index in [2.05, 4.69) is 48.3 Å². The number of nitrogens with zero attached hydrogens (tertiary/aromatic N) is 1. The molecule has 2 rings (SSSR count). The van der Waals surface area contributed by atoms with Gasteiger partial charge in [-0.1, -0.05) is 0 Å². The number of carbonyl (C=O) groups excluding carboxylic acids is 3.